The summed E-state index contributed by atoms with van der Waals surface area (Å²) in [6.45, 7) is 6.63. The topological polar surface area (TPSA) is 64.6 Å². The van der Waals surface area contributed by atoms with Crippen molar-refractivity contribution in [1.29, 1.82) is 0 Å². The van der Waals surface area contributed by atoms with E-state index in [2.05, 4.69) is 0 Å². The van der Waals surface area contributed by atoms with Crippen molar-refractivity contribution < 1.29 is 33.2 Å². The number of hydrogen-bond donors (Lipinski definition) is 0. The zero-order valence-electron chi connectivity index (χ0n) is 12.9. The summed E-state index contributed by atoms with van der Waals surface area (Å²) in [6.07, 6.45) is -0.0907. The zero-order chi connectivity index (χ0) is 15.0. The molecule has 21 heavy (non-hydrogen) atoms. The molecule has 126 valence electrons. The van der Waals surface area contributed by atoms with E-state index < -0.39 is 0 Å². The largest absolute Gasteiger partial charge is 0.382 e. The van der Waals surface area contributed by atoms with E-state index in [1.54, 1.807) is 7.11 Å². The van der Waals surface area contributed by atoms with Crippen molar-refractivity contribution in [3.8, 4) is 0 Å². The van der Waals surface area contributed by atoms with Crippen molar-refractivity contribution in [2.45, 2.75) is 6.10 Å². The highest BCUT2D eigenvalue weighted by Gasteiger charge is 2.10. The van der Waals surface area contributed by atoms with Crippen LogP contribution in [0.1, 0.15) is 0 Å². The van der Waals surface area contributed by atoms with Crippen LogP contribution in [0, 0.1) is 0 Å². The van der Waals surface area contributed by atoms with Gasteiger partial charge in [0.05, 0.1) is 79.3 Å². The Morgan fingerprint density at radius 3 is 2.14 bits per heavy atom. The maximum atomic E-state index is 5.68. The molecule has 1 aliphatic heterocycles. The SMILES string of the molecule is COCCOCCOCC1COCCOCCOCCO1. The molecular formula is C14H28O7. The normalized spacial score (nSPS) is 22.4. The Balaban J connectivity index is 2.05. The summed E-state index contributed by atoms with van der Waals surface area (Å²) in [5.74, 6) is 0. The van der Waals surface area contributed by atoms with Crippen molar-refractivity contribution in [1.82, 2.24) is 0 Å². The maximum absolute atomic E-state index is 5.68. The number of methoxy groups -OCH3 is 1. The van der Waals surface area contributed by atoms with Gasteiger partial charge in [-0.2, -0.15) is 0 Å². The van der Waals surface area contributed by atoms with E-state index in [4.69, 9.17) is 33.2 Å². The Labute approximate surface area is 126 Å². The van der Waals surface area contributed by atoms with Gasteiger partial charge in [-0.25, -0.2) is 0 Å². The number of rotatable bonds is 8. The second kappa shape index (κ2) is 14.6. The molecule has 1 rings (SSSR count). The first-order chi connectivity index (χ1) is 10.4. The molecule has 1 unspecified atom stereocenters. The highest BCUT2D eigenvalue weighted by Crippen LogP contribution is 1.97. The third kappa shape index (κ3) is 12.0. The molecule has 0 bridgehead atoms. The Kier molecular flexibility index (Phi) is 13.1. The van der Waals surface area contributed by atoms with Crippen molar-refractivity contribution in [2.24, 2.45) is 0 Å². The highest BCUT2D eigenvalue weighted by atomic mass is 16.6. The molecule has 0 aromatic heterocycles. The molecule has 1 saturated heterocycles. The van der Waals surface area contributed by atoms with E-state index >= 15 is 0 Å². The highest BCUT2D eigenvalue weighted by molar-refractivity contribution is 4.56. The molecule has 1 aliphatic rings. The Morgan fingerprint density at radius 1 is 0.762 bits per heavy atom. The smallest absolute Gasteiger partial charge is 0.104 e. The van der Waals surface area contributed by atoms with Crippen LogP contribution in [0.2, 0.25) is 0 Å². The van der Waals surface area contributed by atoms with E-state index in [0.29, 0.717) is 79.3 Å². The molecule has 0 N–H and O–H groups in total. The molecule has 0 spiro atoms. The van der Waals surface area contributed by atoms with E-state index in [1.807, 2.05) is 0 Å². The van der Waals surface area contributed by atoms with Gasteiger partial charge in [-0.15, -0.1) is 0 Å². The minimum atomic E-state index is -0.0907. The summed E-state index contributed by atoms with van der Waals surface area (Å²) >= 11 is 0. The van der Waals surface area contributed by atoms with Crippen molar-refractivity contribution in [3.05, 3.63) is 0 Å². The standard InChI is InChI=1S/C14H28O7/c1-15-2-3-16-6-8-19-12-14-13-20-9-7-17-4-5-18-10-11-21-14/h14H,2-13H2,1H3. The Hall–Kier alpha value is -0.280. The minimum absolute atomic E-state index is 0.0907. The van der Waals surface area contributed by atoms with Gasteiger partial charge in [0.25, 0.3) is 0 Å². The molecule has 7 nitrogen and oxygen atoms in total. The first-order valence-electron chi connectivity index (χ1n) is 7.42. The van der Waals surface area contributed by atoms with Gasteiger partial charge >= 0.3 is 0 Å². The van der Waals surface area contributed by atoms with Gasteiger partial charge in [-0.3, -0.25) is 0 Å². The van der Waals surface area contributed by atoms with Gasteiger partial charge in [-0.1, -0.05) is 0 Å². The first kappa shape index (κ1) is 18.8. The molecule has 0 aromatic rings. The molecule has 7 heteroatoms. The van der Waals surface area contributed by atoms with E-state index in [0.717, 1.165) is 0 Å². The van der Waals surface area contributed by atoms with Gasteiger partial charge in [0.2, 0.25) is 0 Å². The average molecular weight is 308 g/mol. The molecule has 0 amide bonds. The fourth-order valence-corrected chi connectivity index (χ4v) is 1.65. The average Bonchev–Trinajstić information content (AvgIpc) is 2.48. The molecule has 1 fully saturated rings. The lowest BCUT2D eigenvalue weighted by Gasteiger charge is -2.19. The van der Waals surface area contributed by atoms with E-state index in [-0.39, 0.29) is 6.10 Å². The molecule has 0 saturated carbocycles. The van der Waals surface area contributed by atoms with E-state index in [9.17, 15) is 0 Å². The van der Waals surface area contributed by atoms with Crippen LogP contribution < -0.4 is 0 Å². The van der Waals surface area contributed by atoms with Crippen LogP contribution in [0.25, 0.3) is 0 Å². The van der Waals surface area contributed by atoms with Crippen LogP contribution in [0.15, 0.2) is 0 Å². The predicted molar refractivity (Wildman–Crippen MR) is 75.7 cm³/mol. The summed E-state index contributed by atoms with van der Waals surface area (Å²) in [4.78, 5) is 0. The molecule has 1 heterocycles. The number of hydrogen-bond acceptors (Lipinski definition) is 7. The van der Waals surface area contributed by atoms with Gasteiger partial charge < -0.3 is 33.2 Å². The van der Waals surface area contributed by atoms with Crippen molar-refractivity contribution in [2.75, 3.05) is 86.4 Å². The van der Waals surface area contributed by atoms with Gasteiger partial charge in [0.15, 0.2) is 0 Å². The molecule has 0 aliphatic carbocycles. The third-order valence-corrected chi connectivity index (χ3v) is 2.74. The first-order valence-corrected chi connectivity index (χ1v) is 7.42. The third-order valence-electron chi connectivity index (χ3n) is 2.74. The maximum Gasteiger partial charge on any atom is 0.104 e. The van der Waals surface area contributed by atoms with Crippen LogP contribution in [0.5, 0.6) is 0 Å². The summed E-state index contributed by atoms with van der Waals surface area (Å²) in [5.41, 5.74) is 0. The van der Waals surface area contributed by atoms with Crippen molar-refractivity contribution >= 4 is 0 Å². The predicted octanol–water partition coefficient (Wildman–Crippen LogP) is 0.115. The summed E-state index contributed by atoms with van der Waals surface area (Å²) in [5, 5.41) is 0. The zero-order valence-corrected chi connectivity index (χ0v) is 12.9. The fraction of sp³-hybridized carbons (Fsp3) is 1.00. The second-order valence-electron chi connectivity index (χ2n) is 4.47. The summed E-state index contributed by atoms with van der Waals surface area (Å²) < 4.78 is 37.6. The quantitative estimate of drug-likeness (QED) is 0.590. The summed E-state index contributed by atoms with van der Waals surface area (Å²) in [6, 6.07) is 0. The summed E-state index contributed by atoms with van der Waals surface area (Å²) in [7, 11) is 1.65. The van der Waals surface area contributed by atoms with E-state index in [1.165, 1.54) is 0 Å². The molecule has 0 aromatic carbocycles. The van der Waals surface area contributed by atoms with Crippen LogP contribution in [-0.2, 0) is 33.2 Å². The van der Waals surface area contributed by atoms with Gasteiger partial charge in [0, 0.05) is 7.11 Å². The van der Waals surface area contributed by atoms with Gasteiger partial charge in [-0.05, 0) is 0 Å². The van der Waals surface area contributed by atoms with Crippen LogP contribution in [-0.4, -0.2) is 92.5 Å². The second-order valence-corrected chi connectivity index (χ2v) is 4.47. The Bertz CT molecular complexity index is 203. The van der Waals surface area contributed by atoms with Crippen LogP contribution in [0.3, 0.4) is 0 Å². The monoisotopic (exact) mass is 308 g/mol. The van der Waals surface area contributed by atoms with Crippen LogP contribution >= 0.6 is 0 Å². The minimum Gasteiger partial charge on any atom is -0.382 e. The molecule has 1 atom stereocenters. The number of ether oxygens (including phenoxy) is 7. The Morgan fingerprint density at radius 2 is 1.38 bits per heavy atom. The fourth-order valence-electron chi connectivity index (χ4n) is 1.65. The van der Waals surface area contributed by atoms with Gasteiger partial charge in [0.1, 0.15) is 6.10 Å². The lowest BCUT2D eigenvalue weighted by Crippen LogP contribution is -2.29. The lowest BCUT2D eigenvalue weighted by molar-refractivity contribution is -0.0941. The molecule has 0 radical (unpaired) electrons. The van der Waals surface area contributed by atoms with Crippen molar-refractivity contribution in [3.63, 3.8) is 0 Å². The van der Waals surface area contributed by atoms with Crippen LogP contribution in [0.4, 0.5) is 0 Å². The molecular weight excluding hydrogens is 280 g/mol. The lowest BCUT2D eigenvalue weighted by atomic mass is 10.4.